The van der Waals surface area contributed by atoms with Gasteiger partial charge in [-0.2, -0.15) is 0 Å². The first kappa shape index (κ1) is 14.6. The number of carbonyl (C=O) groups is 2. The van der Waals surface area contributed by atoms with Crippen molar-refractivity contribution < 1.29 is 29.3 Å². The summed E-state index contributed by atoms with van der Waals surface area (Å²) in [7, 11) is 0. The van der Waals surface area contributed by atoms with Gasteiger partial charge in [0.2, 0.25) is 0 Å². The summed E-state index contributed by atoms with van der Waals surface area (Å²) in [5.41, 5.74) is 0.0875. The molecule has 0 radical (unpaired) electrons. The van der Waals surface area contributed by atoms with Gasteiger partial charge in [0.1, 0.15) is 30.3 Å². The second kappa shape index (κ2) is 6.44. The number of aromatic carboxylic acids is 1. The molecular formula is C13H14O6. The maximum absolute atomic E-state index is 11.0. The first-order valence-corrected chi connectivity index (χ1v) is 5.43. The number of esters is 1. The number of phenols is 1. The molecule has 0 bridgehead atoms. The van der Waals surface area contributed by atoms with Crippen LogP contribution in [0.15, 0.2) is 30.4 Å². The number of benzene rings is 1. The van der Waals surface area contributed by atoms with Crippen LogP contribution in [0.3, 0.4) is 0 Å². The molecule has 0 unspecified atom stereocenters. The zero-order chi connectivity index (χ0) is 14.4. The van der Waals surface area contributed by atoms with E-state index in [-0.39, 0.29) is 30.3 Å². The Morgan fingerprint density at radius 2 is 2.00 bits per heavy atom. The quantitative estimate of drug-likeness (QED) is 0.461. The van der Waals surface area contributed by atoms with Crippen LogP contribution in [0.5, 0.6) is 11.5 Å². The van der Waals surface area contributed by atoms with E-state index in [0.717, 1.165) is 0 Å². The maximum atomic E-state index is 11.0. The largest absolute Gasteiger partial charge is 0.507 e. The number of ether oxygens (including phenoxy) is 2. The zero-order valence-corrected chi connectivity index (χ0v) is 10.4. The molecule has 0 atom stereocenters. The summed E-state index contributed by atoms with van der Waals surface area (Å²) in [6.45, 7) is 5.08. The lowest BCUT2D eigenvalue weighted by atomic mass is 10.2. The Hall–Kier alpha value is -2.50. The summed E-state index contributed by atoms with van der Waals surface area (Å²) in [5.74, 6) is -1.83. The predicted molar refractivity (Wildman–Crippen MR) is 66.3 cm³/mol. The Morgan fingerprint density at radius 3 is 2.53 bits per heavy atom. The molecular weight excluding hydrogens is 252 g/mol. The second-order valence-corrected chi connectivity index (χ2v) is 3.75. The Bertz CT molecular complexity index is 506. The Balaban J connectivity index is 2.46. The fraction of sp³-hybridized carbons (Fsp3) is 0.231. The molecule has 1 aromatic rings. The molecule has 0 aliphatic rings. The molecule has 0 heterocycles. The van der Waals surface area contributed by atoms with Crippen molar-refractivity contribution in [1.82, 2.24) is 0 Å². The number of carbonyl (C=O) groups excluding carboxylic acids is 1. The van der Waals surface area contributed by atoms with E-state index in [0.29, 0.717) is 5.57 Å². The van der Waals surface area contributed by atoms with Gasteiger partial charge in [0, 0.05) is 11.6 Å². The van der Waals surface area contributed by atoms with Gasteiger partial charge in [-0.25, -0.2) is 9.59 Å². The third-order valence-corrected chi connectivity index (χ3v) is 2.13. The van der Waals surface area contributed by atoms with Gasteiger partial charge in [0.25, 0.3) is 0 Å². The van der Waals surface area contributed by atoms with E-state index >= 15 is 0 Å². The molecule has 0 fully saturated rings. The molecule has 0 saturated carbocycles. The van der Waals surface area contributed by atoms with Crippen LogP contribution in [-0.4, -0.2) is 35.4 Å². The summed E-state index contributed by atoms with van der Waals surface area (Å²) in [5, 5.41) is 18.1. The van der Waals surface area contributed by atoms with Crippen molar-refractivity contribution in [2.45, 2.75) is 6.92 Å². The minimum absolute atomic E-state index is 0.0349. The number of hydrogen-bond donors (Lipinski definition) is 2. The van der Waals surface area contributed by atoms with Gasteiger partial charge in [-0.05, 0) is 19.1 Å². The van der Waals surface area contributed by atoms with Crippen LogP contribution in [0.1, 0.15) is 17.3 Å². The number of aromatic hydroxyl groups is 1. The van der Waals surface area contributed by atoms with Gasteiger partial charge in [-0.15, -0.1) is 0 Å². The van der Waals surface area contributed by atoms with E-state index in [4.69, 9.17) is 14.6 Å². The molecule has 6 nitrogen and oxygen atoms in total. The Morgan fingerprint density at radius 1 is 1.32 bits per heavy atom. The SMILES string of the molecule is C=C(C)C(=O)OCCOc1ccc(C(=O)O)c(O)c1. The first-order chi connectivity index (χ1) is 8.91. The number of hydrogen-bond acceptors (Lipinski definition) is 5. The maximum Gasteiger partial charge on any atom is 0.339 e. The number of carboxylic acids is 1. The van der Waals surface area contributed by atoms with Crippen LogP contribution < -0.4 is 4.74 Å². The highest BCUT2D eigenvalue weighted by Crippen LogP contribution is 2.23. The fourth-order valence-electron chi connectivity index (χ4n) is 1.20. The molecule has 2 N–H and O–H groups in total. The summed E-state index contributed by atoms with van der Waals surface area (Å²) >= 11 is 0. The smallest absolute Gasteiger partial charge is 0.339 e. The number of carboxylic acid groups (broad SMARTS) is 1. The van der Waals surface area contributed by atoms with Crippen LogP contribution in [0, 0.1) is 0 Å². The van der Waals surface area contributed by atoms with Gasteiger partial charge in [0.05, 0.1) is 0 Å². The minimum Gasteiger partial charge on any atom is -0.507 e. The second-order valence-electron chi connectivity index (χ2n) is 3.75. The van der Waals surface area contributed by atoms with E-state index in [2.05, 4.69) is 6.58 Å². The lowest BCUT2D eigenvalue weighted by molar-refractivity contribution is -0.139. The fourth-order valence-corrected chi connectivity index (χ4v) is 1.20. The van der Waals surface area contributed by atoms with Crippen molar-refractivity contribution in [2.24, 2.45) is 0 Å². The van der Waals surface area contributed by atoms with Gasteiger partial charge in [-0.3, -0.25) is 0 Å². The van der Waals surface area contributed by atoms with Gasteiger partial charge in [-0.1, -0.05) is 6.58 Å². The van der Waals surface area contributed by atoms with Crippen LogP contribution >= 0.6 is 0 Å². The highest BCUT2D eigenvalue weighted by Gasteiger charge is 2.10. The van der Waals surface area contributed by atoms with E-state index in [1.807, 2.05) is 0 Å². The molecule has 0 aliphatic heterocycles. The molecule has 0 aromatic heterocycles. The third-order valence-electron chi connectivity index (χ3n) is 2.13. The molecule has 19 heavy (non-hydrogen) atoms. The van der Waals surface area contributed by atoms with Crippen LogP contribution in [0.4, 0.5) is 0 Å². The molecule has 1 rings (SSSR count). The van der Waals surface area contributed by atoms with Crippen LogP contribution in [0.2, 0.25) is 0 Å². The zero-order valence-electron chi connectivity index (χ0n) is 10.4. The summed E-state index contributed by atoms with van der Waals surface area (Å²) < 4.78 is 9.99. The standard InChI is InChI=1S/C13H14O6/c1-8(2)13(17)19-6-5-18-9-3-4-10(12(15)16)11(14)7-9/h3-4,7,14H,1,5-6H2,2H3,(H,15,16). The summed E-state index contributed by atoms with van der Waals surface area (Å²) in [6, 6.07) is 3.82. The monoisotopic (exact) mass is 266 g/mol. The first-order valence-electron chi connectivity index (χ1n) is 5.43. The average Bonchev–Trinajstić information content (AvgIpc) is 2.33. The molecule has 6 heteroatoms. The lowest BCUT2D eigenvalue weighted by Crippen LogP contribution is -2.12. The molecule has 0 aliphatic carbocycles. The van der Waals surface area contributed by atoms with E-state index in [9.17, 15) is 14.7 Å². The third kappa shape index (κ3) is 4.34. The van der Waals surface area contributed by atoms with Crippen molar-refractivity contribution >= 4 is 11.9 Å². The minimum atomic E-state index is -1.22. The molecule has 102 valence electrons. The van der Waals surface area contributed by atoms with E-state index in [1.165, 1.54) is 25.1 Å². The van der Waals surface area contributed by atoms with Crippen LogP contribution in [0.25, 0.3) is 0 Å². The Labute approximate surface area is 109 Å². The van der Waals surface area contributed by atoms with Crippen LogP contribution in [-0.2, 0) is 9.53 Å². The topological polar surface area (TPSA) is 93.1 Å². The molecule has 0 saturated heterocycles. The molecule has 1 aromatic carbocycles. The Kier molecular flexibility index (Phi) is 4.93. The van der Waals surface area contributed by atoms with Gasteiger partial charge >= 0.3 is 11.9 Å². The van der Waals surface area contributed by atoms with E-state index in [1.54, 1.807) is 0 Å². The van der Waals surface area contributed by atoms with E-state index < -0.39 is 11.9 Å². The van der Waals surface area contributed by atoms with Crippen molar-refractivity contribution in [1.29, 1.82) is 0 Å². The van der Waals surface area contributed by atoms with Crippen molar-refractivity contribution in [2.75, 3.05) is 13.2 Å². The number of rotatable bonds is 6. The van der Waals surface area contributed by atoms with Crippen molar-refractivity contribution in [3.05, 3.63) is 35.9 Å². The molecule has 0 amide bonds. The summed E-state index contributed by atoms with van der Waals surface area (Å²) in [6.07, 6.45) is 0. The predicted octanol–water partition coefficient (Wildman–Crippen LogP) is 1.59. The normalized spacial score (nSPS) is 9.74. The van der Waals surface area contributed by atoms with Crippen molar-refractivity contribution in [3.63, 3.8) is 0 Å². The summed E-state index contributed by atoms with van der Waals surface area (Å²) in [4.78, 5) is 21.7. The van der Waals surface area contributed by atoms with Gasteiger partial charge < -0.3 is 19.7 Å². The molecule has 0 spiro atoms. The lowest BCUT2D eigenvalue weighted by Gasteiger charge is -2.08. The highest BCUT2D eigenvalue weighted by atomic mass is 16.6. The van der Waals surface area contributed by atoms with Gasteiger partial charge in [0.15, 0.2) is 0 Å². The van der Waals surface area contributed by atoms with Crippen molar-refractivity contribution in [3.8, 4) is 11.5 Å². The average molecular weight is 266 g/mol. The highest BCUT2D eigenvalue weighted by molar-refractivity contribution is 5.90.